The zero-order valence-corrected chi connectivity index (χ0v) is 14.3. The van der Waals surface area contributed by atoms with Crippen molar-refractivity contribution in [1.29, 1.82) is 0 Å². The van der Waals surface area contributed by atoms with Crippen LogP contribution < -0.4 is 9.47 Å². The van der Waals surface area contributed by atoms with Gasteiger partial charge < -0.3 is 14.2 Å². The number of likely N-dealkylation sites (tertiary alicyclic amines) is 1. The molecule has 0 saturated carbocycles. The van der Waals surface area contributed by atoms with E-state index < -0.39 is 0 Å². The molecule has 5 heteroatoms. The molecule has 0 aromatic heterocycles. The highest BCUT2D eigenvalue weighted by Gasteiger charge is 2.53. The van der Waals surface area contributed by atoms with E-state index in [-0.39, 0.29) is 24.0 Å². The molecule has 4 rings (SSSR count). The highest BCUT2D eigenvalue weighted by molar-refractivity contribution is 5.75. The molecule has 2 aromatic carbocycles. The standard InChI is InChI=1S/C20H21NO4/c1-23-16-10-6-9-14-17-19(25-18(14)16)15(20(22)24-2)12-21(17)11-13-7-4-3-5-8-13/h3-10,15,17,19H,11-12H2,1-2H3/t15-,17+,19+/m1/s1. The normalized spacial score (nSPS) is 24.3. The summed E-state index contributed by atoms with van der Waals surface area (Å²) in [6, 6.07) is 16.2. The summed E-state index contributed by atoms with van der Waals surface area (Å²) in [6.07, 6.45) is -0.248. The van der Waals surface area contributed by atoms with Crippen molar-refractivity contribution in [2.45, 2.75) is 18.7 Å². The van der Waals surface area contributed by atoms with E-state index in [0.717, 1.165) is 17.9 Å². The predicted molar refractivity (Wildman–Crippen MR) is 92.5 cm³/mol. The molecule has 1 saturated heterocycles. The van der Waals surface area contributed by atoms with E-state index in [1.807, 2.05) is 30.3 Å². The highest BCUT2D eigenvalue weighted by Crippen LogP contribution is 2.51. The molecule has 2 heterocycles. The number of carbonyl (C=O) groups excluding carboxylic acids is 1. The second-order valence-electron chi connectivity index (χ2n) is 6.45. The first-order chi connectivity index (χ1) is 12.2. The fourth-order valence-electron chi connectivity index (χ4n) is 3.95. The number of fused-ring (bicyclic) bond motifs is 3. The van der Waals surface area contributed by atoms with Crippen LogP contribution in [0.15, 0.2) is 48.5 Å². The minimum Gasteiger partial charge on any atom is -0.493 e. The first-order valence-corrected chi connectivity index (χ1v) is 8.42. The summed E-state index contributed by atoms with van der Waals surface area (Å²) in [5.41, 5.74) is 2.29. The fraction of sp³-hybridized carbons (Fsp3) is 0.350. The van der Waals surface area contributed by atoms with Gasteiger partial charge in [0.2, 0.25) is 0 Å². The molecule has 2 aliphatic rings. The molecule has 0 radical (unpaired) electrons. The maximum Gasteiger partial charge on any atom is 0.313 e. The van der Waals surface area contributed by atoms with Gasteiger partial charge in [-0.1, -0.05) is 42.5 Å². The maximum absolute atomic E-state index is 12.3. The maximum atomic E-state index is 12.3. The van der Waals surface area contributed by atoms with E-state index in [9.17, 15) is 4.79 Å². The summed E-state index contributed by atoms with van der Waals surface area (Å²) in [6.45, 7) is 1.38. The van der Waals surface area contributed by atoms with Gasteiger partial charge in [0.05, 0.1) is 20.3 Å². The van der Waals surface area contributed by atoms with Crippen molar-refractivity contribution < 1.29 is 19.0 Å². The number of esters is 1. The number of hydrogen-bond acceptors (Lipinski definition) is 5. The van der Waals surface area contributed by atoms with Crippen molar-refractivity contribution in [3.8, 4) is 11.5 Å². The first-order valence-electron chi connectivity index (χ1n) is 8.42. The molecule has 0 N–H and O–H groups in total. The molecule has 3 atom stereocenters. The van der Waals surface area contributed by atoms with Crippen LogP contribution in [0.4, 0.5) is 0 Å². The Bertz CT molecular complexity index is 777. The Balaban J connectivity index is 1.71. The monoisotopic (exact) mass is 339 g/mol. The minimum atomic E-state index is -0.309. The molecule has 1 fully saturated rings. The van der Waals surface area contributed by atoms with Crippen molar-refractivity contribution in [3.63, 3.8) is 0 Å². The van der Waals surface area contributed by atoms with E-state index in [0.29, 0.717) is 12.3 Å². The lowest BCUT2D eigenvalue weighted by Crippen LogP contribution is -2.30. The number of carbonyl (C=O) groups is 1. The number of para-hydroxylation sites is 1. The van der Waals surface area contributed by atoms with Crippen molar-refractivity contribution in [3.05, 3.63) is 59.7 Å². The first kappa shape index (κ1) is 16.0. The van der Waals surface area contributed by atoms with Crippen LogP contribution in [0, 0.1) is 5.92 Å². The highest BCUT2D eigenvalue weighted by atomic mass is 16.5. The molecule has 0 aliphatic carbocycles. The topological polar surface area (TPSA) is 48.0 Å². The van der Waals surface area contributed by atoms with Gasteiger partial charge in [-0.05, 0) is 11.6 Å². The van der Waals surface area contributed by atoms with Crippen LogP contribution in [0.5, 0.6) is 11.5 Å². The van der Waals surface area contributed by atoms with Gasteiger partial charge >= 0.3 is 5.97 Å². The van der Waals surface area contributed by atoms with Crippen LogP contribution in [-0.4, -0.2) is 37.7 Å². The third-order valence-corrected chi connectivity index (χ3v) is 5.07. The average molecular weight is 339 g/mol. The lowest BCUT2D eigenvalue weighted by molar-refractivity contribution is -0.147. The molecule has 2 aromatic rings. The number of ether oxygens (including phenoxy) is 3. The molecule has 130 valence electrons. The van der Waals surface area contributed by atoms with Gasteiger partial charge in [-0.2, -0.15) is 0 Å². The number of hydrogen-bond donors (Lipinski definition) is 0. The lowest BCUT2D eigenvalue weighted by atomic mass is 9.98. The van der Waals surface area contributed by atoms with Crippen molar-refractivity contribution in [2.24, 2.45) is 5.92 Å². The van der Waals surface area contributed by atoms with Gasteiger partial charge in [-0.25, -0.2) is 0 Å². The molecule has 0 unspecified atom stereocenters. The molecule has 5 nitrogen and oxygen atoms in total. The minimum absolute atomic E-state index is 0.0226. The van der Waals surface area contributed by atoms with Gasteiger partial charge in [-0.15, -0.1) is 0 Å². The zero-order valence-electron chi connectivity index (χ0n) is 14.3. The fourth-order valence-corrected chi connectivity index (χ4v) is 3.95. The van der Waals surface area contributed by atoms with Crippen LogP contribution in [0.2, 0.25) is 0 Å². The van der Waals surface area contributed by atoms with Gasteiger partial charge in [0.1, 0.15) is 12.0 Å². The molecular weight excluding hydrogens is 318 g/mol. The summed E-state index contributed by atoms with van der Waals surface area (Å²) in [5, 5.41) is 0. The number of nitrogens with zero attached hydrogens (tertiary/aromatic N) is 1. The van der Waals surface area contributed by atoms with Crippen LogP contribution in [0.3, 0.4) is 0 Å². The number of rotatable bonds is 4. The Kier molecular flexibility index (Phi) is 4.09. The van der Waals surface area contributed by atoms with Gasteiger partial charge in [-0.3, -0.25) is 9.69 Å². The van der Waals surface area contributed by atoms with Crippen LogP contribution >= 0.6 is 0 Å². The van der Waals surface area contributed by atoms with E-state index in [1.165, 1.54) is 12.7 Å². The van der Waals surface area contributed by atoms with Gasteiger partial charge in [0.25, 0.3) is 0 Å². The Morgan fingerprint density at radius 1 is 1.16 bits per heavy atom. The molecule has 2 aliphatic heterocycles. The van der Waals surface area contributed by atoms with Crippen molar-refractivity contribution in [2.75, 3.05) is 20.8 Å². The molecule has 25 heavy (non-hydrogen) atoms. The van der Waals surface area contributed by atoms with Crippen LogP contribution in [0.25, 0.3) is 0 Å². The van der Waals surface area contributed by atoms with Crippen LogP contribution in [0.1, 0.15) is 17.2 Å². The second kappa shape index (κ2) is 6.41. The SMILES string of the molecule is COC(=O)[C@@H]1CN(Cc2ccccc2)[C@H]2c3cccc(OC)c3O[C@@H]12. The van der Waals surface area contributed by atoms with E-state index in [1.54, 1.807) is 7.11 Å². The Morgan fingerprint density at radius 3 is 2.68 bits per heavy atom. The van der Waals surface area contributed by atoms with E-state index in [2.05, 4.69) is 23.1 Å². The largest absolute Gasteiger partial charge is 0.493 e. The second-order valence-corrected chi connectivity index (χ2v) is 6.45. The Labute approximate surface area is 147 Å². The molecule has 0 amide bonds. The van der Waals surface area contributed by atoms with Gasteiger partial charge in [0.15, 0.2) is 11.5 Å². The van der Waals surface area contributed by atoms with Crippen molar-refractivity contribution >= 4 is 5.97 Å². The Hall–Kier alpha value is -2.53. The molecule has 0 bridgehead atoms. The average Bonchev–Trinajstić information content (AvgIpc) is 3.20. The number of benzene rings is 2. The van der Waals surface area contributed by atoms with Crippen LogP contribution in [-0.2, 0) is 16.1 Å². The summed E-state index contributed by atoms with van der Waals surface area (Å²) in [4.78, 5) is 14.6. The summed E-state index contributed by atoms with van der Waals surface area (Å²) in [5.74, 6) is 0.912. The van der Waals surface area contributed by atoms with Gasteiger partial charge in [0, 0.05) is 18.7 Å². The molecular formula is C20H21NO4. The van der Waals surface area contributed by atoms with E-state index in [4.69, 9.17) is 14.2 Å². The zero-order chi connectivity index (χ0) is 17.4. The molecule has 0 spiro atoms. The Morgan fingerprint density at radius 2 is 1.96 bits per heavy atom. The van der Waals surface area contributed by atoms with E-state index >= 15 is 0 Å². The predicted octanol–water partition coefficient (Wildman–Crippen LogP) is 2.80. The third-order valence-electron chi connectivity index (χ3n) is 5.07. The number of methoxy groups -OCH3 is 2. The lowest BCUT2D eigenvalue weighted by Gasteiger charge is -2.22. The summed E-state index contributed by atoms with van der Waals surface area (Å²) in [7, 11) is 3.06. The third kappa shape index (κ3) is 2.65. The summed E-state index contributed by atoms with van der Waals surface area (Å²) < 4.78 is 16.6. The summed E-state index contributed by atoms with van der Waals surface area (Å²) >= 11 is 0. The quantitative estimate of drug-likeness (QED) is 0.802. The smallest absolute Gasteiger partial charge is 0.313 e. The van der Waals surface area contributed by atoms with Crippen molar-refractivity contribution in [1.82, 2.24) is 4.90 Å².